The number of rotatable bonds is 4. The van der Waals surface area contributed by atoms with Crippen molar-refractivity contribution in [3.05, 3.63) is 23.8 Å². The Labute approximate surface area is 113 Å². The van der Waals surface area contributed by atoms with Gasteiger partial charge < -0.3 is 21.1 Å². The molecule has 0 saturated carbocycles. The lowest BCUT2D eigenvalue weighted by atomic mass is 10.1. The average molecular weight is 263 g/mol. The van der Waals surface area contributed by atoms with E-state index in [0.717, 1.165) is 19.6 Å². The van der Waals surface area contributed by atoms with Gasteiger partial charge in [0.1, 0.15) is 5.75 Å². The number of likely N-dealkylation sites (tertiary alicyclic amines) is 1. The van der Waals surface area contributed by atoms with Crippen LogP contribution >= 0.6 is 0 Å². The Morgan fingerprint density at radius 1 is 1.32 bits per heavy atom. The van der Waals surface area contributed by atoms with Crippen LogP contribution in [-0.2, 0) is 0 Å². The summed E-state index contributed by atoms with van der Waals surface area (Å²) in [6.07, 6.45) is 3.80. The number of piperidine rings is 1. The van der Waals surface area contributed by atoms with Crippen molar-refractivity contribution in [1.82, 2.24) is 10.2 Å². The highest BCUT2D eigenvalue weighted by Gasteiger charge is 2.12. The molecule has 19 heavy (non-hydrogen) atoms. The van der Waals surface area contributed by atoms with Crippen molar-refractivity contribution >= 4 is 11.6 Å². The van der Waals surface area contributed by atoms with E-state index in [1.807, 2.05) is 0 Å². The number of amides is 1. The van der Waals surface area contributed by atoms with E-state index in [0.29, 0.717) is 17.8 Å². The molecule has 5 nitrogen and oxygen atoms in total. The number of nitrogens with zero attached hydrogens (tertiary/aromatic N) is 1. The van der Waals surface area contributed by atoms with Crippen LogP contribution in [0.2, 0.25) is 0 Å². The lowest BCUT2D eigenvalue weighted by Crippen LogP contribution is -2.37. The SMILES string of the molecule is Nc1ccc(O)cc1C(=O)NCCN1CCCCC1. The van der Waals surface area contributed by atoms with Crippen molar-refractivity contribution in [1.29, 1.82) is 0 Å². The van der Waals surface area contributed by atoms with Gasteiger partial charge in [-0.15, -0.1) is 0 Å². The van der Waals surface area contributed by atoms with Crippen LogP contribution in [0.4, 0.5) is 5.69 Å². The Hall–Kier alpha value is -1.75. The van der Waals surface area contributed by atoms with Crippen LogP contribution in [0.5, 0.6) is 5.75 Å². The van der Waals surface area contributed by atoms with Gasteiger partial charge >= 0.3 is 0 Å². The first-order valence-corrected chi connectivity index (χ1v) is 6.76. The van der Waals surface area contributed by atoms with E-state index in [2.05, 4.69) is 10.2 Å². The molecule has 1 amide bonds. The van der Waals surface area contributed by atoms with Gasteiger partial charge in [0, 0.05) is 18.8 Å². The average Bonchev–Trinajstić information content (AvgIpc) is 2.42. The molecule has 0 bridgehead atoms. The molecule has 0 aliphatic carbocycles. The van der Waals surface area contributed by atoms with Crippen molar-refractivity contribution in [3.63, 3.8) is 0 Å². The number of hydrogen-bond acceptors (Lipinski definition) is 4. The number of hydrogen-bond donors (Lipinski definition) is 3. The van der Waals surface area contributed by atoms with Crippen LogP contribution in [0.1, 0.15) is 29.6 Å². The van der Waals surface area contributed by atoms with E-state index in [4.69, 9.17) is 5.73 Å². The topological polar surface area (TPSA) is 78.6 Å². The number of nitrogens with two attached hydrogens (primary N) is 1. The highest BCUT2D eigenvalue weighted by Crippen LogP contribution is 2.18. The second-order valence-corrected chi connectivity index (χ2v) is 4.93. The third kappa shape index (κ3) is 3.86. The molecule has 0 radical (unpaired) electrons. The zero-order chi connectivity index (χ0) is 13.7. The maximum Gasteiger partial charge on any atom is 0.253 e. The van der Waals surface area contributed by atoms with Gasteiger partial charge in [-0.25, -0.2) is 0 Å². The molecule has 5 heteroatoms. The first-order valence-electron chi connectivity index (χ1n) is 6.76. The summed E-state index contributed by atoms with van der Waals surface area (Å²) < 4.78 is 0. The van der Waals surface area contributed by atoms with E-state index in [1.54, 1.807) is 0 Å². The molecule has 1 fully saturated rings. The Kier molecular flexibility index (Phi) is 4.63. The molecule has 1 saturated heterocycles. The number of carbonyl (C=O) groups excluding carboxylic acids is 1. The van der Waals surface area contributed by atoms with Gasteiger partial charge in [0.05, 0.1) is 5.56 Å². The lowest BCUT2D eigenvalue weighted by molar-refractivity contribution is 0.0947. The second-order valence-electron chi connectivity index (χ2n) is 4.93. The Morgan fingerprint density at radius 2 is 2.05 bits per heavy atom. The molecule has 1 aromatic carbocycles. The number of aromatic hydroxyl groups is 1. The molecule has 0 spiro atoms. The molecule has 0 unspecified atom stereocenters. The molecule has 2 rings (SSSR count). The van der Waals surface area contributed by atoms with Gasteiger partial charge in [0.2, 0.25) is 0 Å². The van der Waals surface area contributed by atoms with Crippen LogP contribution in [-0.4, -0.2) is 42.1 Å². The van der Waals surface area contributed by atoms with Gasteiger partial charge in [-0.1, -0.05) is 6.42 Å². The predicted molar refractivity (Wildman–Crippen MR) is 75.1 cm³/mol. The Morgan fingerprint density at radius 3 is 2.79 bits per heavy atom. The Bertz CT molecular complexity index is 442. The summed E-state index contributed by atoms with van der Waals surface area (Å²) in [5.41, 5.74) is 6.44. The van der Waals surface area contributed by atoms with Gasteiger partial charge in [-0.2, -0.15) is 0 Å². The van der Waals surface area contributed by atoms with E-state index in [9.17, 15) is 9.90 Å². The molecule has 1 aliphatic rings. The zero-order valence-corrected chi connectivity index (χ0v) is 11.1. The maximum absolute atomic E-state index is 11.9. The molecule has 1 heterocycles. The number of anilines is 1. The number of phenolic OH excluding ortho intramolecular Hbond substituents is 1. The van der Waals surface area contributed by atoms with Crippen molar-refractivity contribution in [3.8, 4) is 5.75 Å². The van der Waals surface area contributed by atoms with Crippen molar-refractivity contribution in [2.24, 2.45) is 0 Å². The normalized spacial score (nSPS) is 16.2. The molecule has 104 valence electrons. The predicted octanol–water partition coefficient (Wildman–Crippen LogP) is 1.19. The monoisotopic (exact) mass is 263 g/mol. The van der Waals surface area contributed by atoms with Crippen molar-refractivity contribution in [2.45, 2.75) is 19.3 Å². The number of nitrogen functional groups attached to an aromatic ring is 1. The van der Waals surface area contributed by atoms with Gasteiger partial charge in [0.25, 0.3) is 5.91 Å². The first kappa shape index (κ1) is 13.7. The third-order valence-electron chi connectivity index (χ3n) is 3.44. The smallest absolute Gasteiger partial charge is 0.253 e. The number of carbonyl (C=O) groups is 1. The standard InChI is InChI=1S/C14H21N3O2/c15-13-5-4-11(18)10-12(13)14(19)16-6-9-17-7-2-1-3-8-17/h4-5,10,18H,1-3,6-9,15H2,(H,16,19). The number of phenols is 1. The lowest BCUT2D eigenvalue weighted by Gasteiger charge is -2.26. The van der Waals surface area contributed by atoms with E-state index in [1.165, 1.54) is 37.5 Å². The fourth-order valence-electron chi connectivity index (χ4n) is 2.35. The minimum absolute atomic E-state index is 0.0513. The minimum atomic E-state index is -0.231. The van der Waals surface area contributed by atoms with Crippen LogP contribution < -0.4 is 11.1 Å². The summed E-state index contributed by atoms with van der Waals surface area (Å²) in [4.78, 5) is 14.3. The molecular weight excluding hydrogens is 242 g/mol. The van der Waals surface area contributed by atoms with Gasteiger partial charge in [0.15, 0.2) is 0 Å². The largest absolute Gasteiger partial charge is 0.508 e. The van der Waals surface area contributed by atoms with E-state index in [-0.39, 0.29) is 11.7 Å². The summed E-state index contributed by atoms with van der Waals surface area (Å²) >= 11 is 0. The summed E-state index contributed by atoms with van der Waals surface area (Å²) in [5, 5.41) is 12.2. The van der Waals surface area contributed by atoms with Crippen LogP contribution in [0.3, 0.4) is 0 Å². The molecule has 0 aromatic heterocycles. The summed E-state index contributed by atoms with van der Waals surface area (Å²) in [7, 11) is 0. The Balaban J connectivity index is 1.82. The second kappa shape index (κ2) is 6.43. The fraction of sp³-hybridized carbons (Fsp3) is 0.500. The highest BCUT2D eigenvalue weighted by atomic mass is 16.3. The molecule has 4 N–H and O–H groups in total. The van der Waals surface area contributed by atoms with E-state index >= 15 is 0 Å². The van der Waals surface area contributed by atoms with Gasteiger partial charge in [-0.05, 0) is 44.1 Å². The summed E-state index contributed by atoms with van der Waals surface area (Å²) in [5.74, 6) is -0.180. The number of nitrogens with one attached hydrogen (secondary N) is 1. The molecule has 1 aromatic rings. The van der Waals surface area contributed by atoms with Crippen LogP contribution in [0.25, 0.3) is 0 Å². The molecule has 1 aliphatic heterocycles. The van der Waals surface area contributed by atoms with Gasteiger partial charge in [-0.3, -0.25) is 4.79 Å². The van der Waals surface area contributed by atoms with Crippen molar-refractivity contribution in [2.75, 3.05) is 31.9 Å². The summed E-state index contributed by atoms with van der Waals surface area (Å²) in [6, 6.07) is 4.40. The third-order valence-corrected chi connectivity index (χ3v) is 3.44. The fourth-order valence-corrected chi connectivity index (χ4v) is 2.35. The first-order chi connectivity index (χ1) is 9.16. The number of benzene rings is 1. The quantitative estimate of drug-likeness (QED) is 0.563. The zero-order valence-electron chi connectivity index (χ0n) is 11.1. The maximum atomic E-state index is 11.9. The van der Waals surface area contributed by atoms with E-state index < -0.39 is 0 Å². The summed E-state index contributed by atoms with van der Waals surface area (Å²) in [6.45, 7) is 3.70. The van der Waals surface area contributed by atoms with Crippen LogP contribution in [0.15, 0.2) is 18.2 Å². The highest BCUT2D eigenvalue weighted by molar-refractivity contribution is 5.99. The van der Waals surface area contributed by atoms with Crippen molar-refractivity contribution < 1.29 is 9.90 Å². The minimum Gasteiger partial charge on any atom is -0.508 e. The van der Waals surface area contributed by atoms with Crippen LogP contribution in [0, 0.1) is 0 Å². The molecule has 0 atom stereocenters. The molecular formula is C14H21N3O2.